The molecule has 0 saturated heterocycles. The number of fused-ring (bicyclic) bond motifs is 2. The molecule has 0 unspecified atom stereocenters. The van der Waals surface area contributed by atoms with Gasteiger partial charge in [-0.05, 0) is 64.7 Å². The van der Waals surface area contributed by atoms with Crippen LogP contribution < -0.4 is 0 Å². The van der Waals surface area contributed by atoms with Crippen LogP contribution in [0.1, 0.15) is 50.1 Å². The van der Waals surface area contributed by atoms with E-state index in [9.17, 15) is 47.4 Å². The van der Waals surface area contributed by atoms with Gasteiger partial charge in [0.2, 0.25) is 0 Å². The van der Waals surface area contributed by atoms with E-state index >= 15 is 0 Å². The highest BCUT2D eigenvalue weighted by Crippen LogP contribution is 2.51. The zero-order chi connectivity index (χ0) is 31.5. The lowest BCUT2D eigenvalue weighted by Crippen LogP contribution is -1.96. The summed E-state index contributed by atoms with van der Waals surface area (Å²) in [6.45, 7) is 0. The highest BCUT2D eigenvalue weighted by molar-refractivity contribution is 6.28. The lowest BCUT2D eigenvalue weighted by molar-refractivity contribution is 1.44. The van der Waals surface area contributed by atoms with Gasteiger partial charge in [-0.2, -0.15) is 47.4 Å². The quantitative estimate of drug-likeness (QED) is 0.349. The Morgan fingerprint density at radius 3 is 1.09 bits per heavy atom. The first-order chi connectivity index (χ1) is 21.4. The molecule has 0 aliphatic heterocycles. The van der Waals surface area contributed by atoms with Gasteiger partial charge in [-0.15, -0.1) is 0 Å². The van der Waals surface area contributed by atoms with Crippen LogP contribution >= 0.6 is 0 Å². The zero-order valence-electron chi connectivity index (χ0n) is 22.2. The number of nitriles is 9. The van der Waals surface area contributed by atoms with Gasteiger partial charge in [0.05, 0.1) is 46.0 Å². The van der Waals surface area contributed by atoms with E-state index in [0.29, 0.717) is 22.3 Å². The van der Waals surface area contributed by atoms with Gasteiger partial charge in [0.25, 0.3) is 0 Å². The molecule has 9 heteroatoms. The van der Waals surface area contributed by atoms with E-state index in [-0.39, 0.29) is 72.4 Å². The number of hydrogen-bond donors (Lipinski definition) is 0. The number of benzene rings is 3. The average molecular weight is 556 g/mol. The second kappa shape index (κ2) is 10.9. The topological polar surface area (TPSA) is 214 Å². The molecule has 0 heterocycles. The third-order valence-corrected chi connectivity index (χ3v) is 7.18. The first-order valence-corrected chi connectivity index (χ1v) is 12.5. The van der Waals surface area contributed by atoms with Gasteiger partial charge >= 0.3 is 0 Å². The van der Waals surface area contributed by atoms with Crippen molar-refractivity contribution in [3.05, 3.63) is 116 Å². The lowest BCUT2D eigenvalue weighted by Gasteiger charge is -2.14. The van der Waals surface area contributed by atoms with Crippen LogP contribution in [0.5, 0.6) is 0 Å². The van der Waals surface area contributed by atoms with Gasteiger partial charge in [-0.1, -0.05) is 12.1 Å². The predicted octanol–water partition coefficient (Wildman–Crippen LogP) is 5.80. The molecule has 0 N–H and O–H groups in total. The van der Waals surface area contributed by atoms with Gasteiger partial charge in [0.15, 0.2) is 0 Å². The monoisotopic (exact) mass is 555 g/mol. The second-order valence-electron chi connectivity index (χ2n) is 9.33. The van der Waals surface area contributed by atoms with Crippen LogP contribution in [-0.4, -0.2) is 0 Å². The summed E-state index contributed by atoms with van der Waals surface area (Å²) in [6.07, 6.45) is 0. The van der Waals surface area contributed by atoms with Crippen LogP contribution in [0, 0.1) is 102 Å². The summed E-state index contributed by atoms with van der Waals surface area (Å²) in [7, 11) is 0. The minimum Gasteiger partial charge on any atom is -0.192 e. The van der Waals surface area contributed by atoms with Crippen molar-refractivity contribution in [2.45, 2.75) is 0 Å². The van der Waals surface area contributed by atoms with E-state index in [0.717, 1.165) is 0 Å². The van der Waals surface area contributed by atoms with E-state index in [1.54, 1.807) is 18.2 Å². The average Bonchev–Trinajstić information content (AvgIpc) is 3.57. The molecule has 9 nitrogen and oxygen atoms in total. The summed E-state index contributed by atoms with van der Waals surface area (Å²) in [5.41, 5.74) is 2.62. The van der Waals surface area contributed by atoms with Crippen molar-refractivity contribution >= 4 is 33.4 Å². The Kier molecular flexibility index (Phi) is 6.83. The molecule has 3 aromatic rings. The molecule has 0 spiro atoms. The molecule has 5 rings (SSSR count). The van der Waals surface area contributed by atoms with Crippen LogP contribution in [0.3, 0.4) is 0 Å². The zero-order valence-corrected chi connectivity index (χ0v) is 22.2. The van der Waals surface area contributed by atoms with Gasteiger partial charge in [0, 0.05) is 33.4 Å². The number of allylic oxidation sites excluding steroid dienone is 8. The van der Waals surface area contributed by atoms with Crippen LogP contribution in [0.2, 0.25) is 0 Å². The molecule has 2 aliphatic rings. The molecule has 0 radical (unpaired) electrons. The Labute approximate surface area is 251 Å². The fourth-order valence-electron chi connectivity index (χ4n) is 5.45. The Morgan fingerprint density at radius 2 is 0.773 bits per heavy atom. The number of nitrogens with zero attached hydrogens (tertiary/aromatic N) is 9. The molecular weight excluding hydrogens is 546 g/mol. The molecule has 44 heavy (non-hydrogen) atoms. The fraction of sp³-hybridized carbons (Fsp3) is 0. The minimum absolute atomic E-state index is 0.0597. The summed E-state index contributed by atoms with van der Waals surface area (Å²) >= 11 is 0. The van der Waals surface area contributed by atoms with E-state index in [4.69, 9.17) is 0 Å². The smallest absolute Gasteiger partial charge is 0.138 e. The highest BCUT2D eigenvalue weighted by Gasteiger charge is 2.34. The number of rotatable bonds is 2. The van der Waals surface area contributed by atoms with Crippen molar-refractivity contribution in [2.75, 3.05) is 0 Å². The predicted molar refractivity (Wildman–Crippen MR) is 155 cm³/mol. The third-order valence-electron chi connectivity index (χ3n) is 7.18. The molecule has 0 fully saturated rings. The van der Waals surface area contributed by atoms with Crippen LogP contribution in [-0.2, 0) is 0 Å². The Morgan fingerprint density at radius 1 is 0.386 bits per heavy atom. The number of hydrogen-bond acceptors (Lipinski definition) is 9. The van der Waals surface area contributed by atoms with E-state index < -0.39 is 0 Å². The molecule has 0 bridgehead atoms. The SMILES string of the molecule is N#CC(C#N)=C1C(c2cc(C#N)cc(C3=C(C#N)c4cc(C#N)ccc4C3=C(C#N)C#N)c2)=C(C#N)c2cc(C#N)ccc21. The molecule has 3 aromatic carbocycles. The first kappa shape index (κ1) is 27.6. The standard InChI is InChI=1S/C35H9N9/c36-10-19-1-3-26-28(7-19)30(17-43)32(34(26)24(13-39)14-40)22-5-21(12-38)6-23(9-22)33-31(18-44)29-8-20(11-37)2-4-27(29)35(33)25(15-41)16-42/h1-9H. The third kappa shape index (κ3) is 4.03. The molecule has 0 amide bonds. The summed E-state index contributed by atoms with van der Waals surface area (Å²) in [4.78, 5) is 0. The van der Waals surface area contributed by atoms with Crippen LogP contribution in [0.15, 0.2) is 65.7 Å². The van der Waals surface area contributed by atoms with Crippen molar-refractivity contribution < 1.29 is 0 Å². The lowest BCUT2D eigenvalue weighted by atomic mass is 9.87. The van der Waals surface area contributed by atoms with Crippen molar-refractivity contribution in [3.8, 4) is 54.6 Å². The second-order valence-corrected chi connectivity index (χ2v) is 9.33. The first-order valence-electron chi connectivity index (χ1n) is 12.5. The Hall–Kier alpha value is -7.97. The van der Waals surface area contributed by atoms with E-state index in [1.807, 2.05) is 36.4 Å². The van der Waals surface area contributed by atoms with Crippen LogP contribution in [0.4, 0.5) is 0 Å². The molecular formula is C35H9N9. The molecule has 194 valence electrons. The van der Waals surface area contributed by atoms with Crippen molar-refractivity contribution in [2.24, 2.45) is 0 Å². The summed E-state index contributed by atoms with van der Waals surface area (Å²) < 4.78 is 0. The van der Waals surface area contributed by atoms with E-state index in [1.165, 1.54) is 36.4 Å². The molecule has 0 aromatic heterocycles. The van der Waals surface area contributed by atoms with Gasteiger partial charge in [-0.3, -0.25) is 0 Å². The largest absolute Gasteiger partial charge is 0.192 e. The van der Waals surface area contributed by atoms with Gasteiger partial charge in [0.1, 0.15) is 47.6 Å². The Balaban J connectivity index is 1.92. The van der Waals surface area contributed by atoms with Crippen LogP contribution in [0.25, 0.3) is 33.4 Å². The molecule has 0 saturated carbocycles. The summed E-state index contributed by atoms with van der Waals surface area (Å²) in [6, 6.07) is 31.3. The highest BCUT2D eigenvalue weighted by atomic mass is 14.4. The summed E-state index contributed by atoms with van der Waals surface area (Å²) in [5, 5.41) is 88.9. The Bertz CT molecular complexity index is 2230. The summed E-state index contributed by atoms with van der Waals surface area (Å²) in [5.74, 6) is 0. The molecule has 2 aliphatic carbocycles. The minimum atomic E-state index is -0.300. The fourth-order valence-corrected chi connectivity index (χ4v) is 5.45. The van der Waals surface area contributed by atoms with Crippen molar-refractivity contribution in [1.29, 1.82) is 47.4 Å². The maximum atomic E-state index is 10.3. The maximum absolute atomic E-state index is 10.3. The molecule has 0 atom stereocenters. The van der Waals surface area contributed by atoms with E-state index in [2.05, 4.69) is 18.2 Å². The maximum Gasteiger partial charge on any atom is 0.138 e. The van der Waals surface area contributed by atoms with Gasteiger partial charge in [-0.25, -0.2) is 0 Å². The van der Waals surface area contributed by atoms with Crippen molar-refractivity contribution in [3.63, 3.8) is 0 Å². The van der Waals surface area contributed by atoms with Gasteiger partial charge < -0.3 is 0 Å². The van der Waals surface area contributed by atoms with Crippen molar-refractivity contribution in [1.82, 2.24) is 0 Å². The normalized spacial score (nSPS) is 12.1.